The molecule has 168 valence electrons. The number of fused-ring (bicyclic) bond motifs is 1. The number of alkyl halides is 2. The topological polar surface area (TPSA) is 106 Å². The number of methoxy groups -OCH3 is 1. The second-order valence-electron chi connectivity index (χ2n) is 6.75. The van der Waals surface area contributed by atoms with Crippen molar-refractivity contribution in [3.05, 3.63) is 70.6 Å². The average Bonchev–Trinajstić information content (AvgIpc) is 2.79. The van der Waals surface area contributed by atoms with E-state index in [-0.39, 0.29) is 22.8 Å². The van der Waals surface area contributed by atoms with Crippen molar-refractivity contribution in [2.45, 2.75) is 10.8 Å². The maximum atomic E-state index is 15.0. The minimum Gasteiger partial charge on any atom is -0.480 e. The van der Waals surface area contributed by atoms with E-state index in [2.05, 4.69) is 36.5 Å². The van der Waals surface area contributed by atoms with E-state index in [1.54, 1.807) is 12.1 Å². The first-order valence-corrected chi connectivity index (χ1v) is 11.5. The van der Waals surface area contributed by atoms with E-state index in [0.29, 0.717) is 16.7 Å². The summed E-state index contributed by atoms with van der Waals surface area (Å²) in [4.78, 5) is 15.8. The van der Waals surface area contributed by atoms with Gasteiger partial charge in [-0.25, -0.2) is 27.8 Å². The van der Waals surface area contributed by atoms with Gasteiger partial charge >= 0.3 is 0 Å². The third-order valence-electron chi connectivity index (χ3n) is 4.42. The Morgan fingerprint density at radius 3 is 2.67 bits per heavy atom. The van der Waals surface area contributed by atoms with Crippen molar-refractivity contribution in [2.24, 2.45) is 4.99 Å². The van der Waals surface area contributed by atoms with Crippen molar-refractivity contribution in [3.8, 4) is 11.8 Å². The first-order chi connectivity index (χ1) is 15.7. The molecule has 8 nitrogen and oxygen atoms in total. The standard InChI is InChI=1S/C21H14Cl2FN5O3S/c1-32-20-17(10-21(22,23)12-27-20)33(30,31)29-19-18(24)13(8-9-25-19)6-7-14-11-26-15-4-2-3-5-16(15)28-14/h2-5,8-9,11-12H,10H2,1H3,(H,25,29). The molecule has 0 aliphatic carbocycles. The van der Waals surface area contributed by atoms with Crippen LogP contribution in [0.2, 0.25) is 0 Å². The van der Waals surface area contributed by atoms with E-state index in [0.717, 1.165) is 6.21 Å². The quantitative estimate of drug-likeness (QED) is 0.427. The summed E-state index contributed by atoms with van der Waals surface area (Å²) in [5, 5.41) is 0. The predicted molar refractivity (Wildman–Crippen MR) is 124 cm³/mol. The molecular formula is C21H14Cl2FN5O3S. The van der Waals surface area contributed by atoms with Crippen molar-refractivity contribution < 1.29 is 17.5 Å². The molecule has 0 bridgehead atoms. The molecule has 3 aromatic rings. The minimum absolute atomic E-state index is 0.0932. The van der Waals surface area contributed by atoms with Gasteiger partial charge in [-0.05, 0) is 24.1 Å². The molecule has 0 radical (unpaired) electrons. The summed E-state index contributed by atoms with van der Waals surface area (Å²) in [6.45, 7) is 0. The van der Waals surface area contributed by atoms with Gasteiger partial charge in [-0.15, -0.1) is 0 Å². The van der Waals surface area contributed by atoms with Crippen LogP contribution in [-0.4, -0.2) is 41.0 Å². The zero-order valence-corrected chi connectivity index (χ0v) is 19.2. The lowest BCUT2D eigenvalue weighted by molar-refractivity contribution is 0.283. The number of aromatic nitrogens is 3. The van der Waals surface area contributed by atoms with Gasteiger partial charge in [0.25, 0.3) is 10.0 Å². The Hall–Kier alpha value is -3.26. The van der Waals surface area contributed by atoms with Crippen LogP contribution in [0, 0.1) is 17.7 Å². The number of ether oxygens (including phenoxy) is 1. The van der Waals surface area contributed by atoms with Crippen molar-refractivity contribution in [2.75, 3.05) is 11.8 Å². The fourth-order valence-electron chi connectivity index (χ4n) is 2.89. The molecule has 0 saturated heterocycles. The molecule has 33 heavy (non-hydrogen) atoms. The van der Waals surface area contributed by atoms with Crippen LogP contribution in [0.4, 0.5) is 10.2 Å². The van der Waals surface area contributed by atoms with Gasteiger partial charge < -0.3 is 4.74 Å². The average molecular weight is 506 g/mol. The number of hydrogen-bond donors (Lipinski definition) is 1. The van der Waals surface area contributed by atoms with Crippen LogP contribution in [-0.2, 0) is 14.8 Å². The van der Waals surface area contributed by atoms with Crippen LogP contribution < -0.4 is 4.72 Å². The number of pyridine rings is 1. The first-order valence-electron chi connectivity index (χ1n) is 9.30. The van der Waals surface area contributed by atoms with Crippen molar-refractivity contribution in [1.29, 1.82) is 0 Å². The number of nitrogens with zero attached hydrogens (tertiary/aromatic N) is 4. The monoisotopic (exact) mass is 505 g/mol. The van der Waals surface area contributed by atoms with Crippen molar-refractivity contribution >= 4 is 56.3 Å². The van der Waals surface area contributed by atoms with Crippen LogP contribution in [0.3, 0.4) is 0 Å². The van der Waals surface area contributed by atoms with Crippen LogP contribution in [0.15, 0.2) is 58.5 Å². The first kappa shape index (κ1) is 22.9. The summed E-state index contributed by atoms with van der Waals surface area (Å²) in [6, 6.07) is 8.55. The summed E-state index contributed by atoms with van der Waals surface area (Å²) < 4.78 is 46.3. The number of allylic oxidation sites excluding steroid dienone is 1. The Morgan fingerprint density at radius 1 is 1.15 bits per heavy atom. The van der Waals surface area contributed by atoms with Crippen LogP contribution in [0.1, 0.15) is 17.7 Å². The molecule has 0 spiro atoms. The Labute approximate surface area is 198 Å². The van der Waals surface area contributed by atoms with E-state index in [1.165, 1.54) is 25.6 Å². The van der Waals surface area contributed by atoms with Gasteiger partial charge in [-0.3, -0.25) is 9.71 Å². The number of nitrogens with one attached hydrogen (secondary N) is 1. The third-order valence-corrected chi connectivity index (χ3v) is 6.31. The molecule has 1 aliphatic heterocycles. The maximum Gasteiger partial charge on any atom is 0.264 e. The van der Waals surface area contributed by atoms with Gasteiger partial charge in [0, 0.05) is 18.8 Å². The van der Waals surface area contributed by atoms with Gasteiger partial charge in [-0.1, -0.05) is 41.3 Å². The van der Waals surface area contributed by atoms with E-state index in [9.17, 15) is 12.8 Å². The highest BCUT2D eigenvalue weighted by Crippen LogP contribution is 2.36. The SMILES string of the molecule is COC1=C(S(=O)(=O)Nc2nccc(C#Cc3cnc4ccccc4n3)c2F)CC(Cl)(Cl)C=N1. The summed E-state index contributed by atoms with van der Waals surface area (Å²) >= 11 is 12.0. The second kappa shape index (κ2) is 8.94. The van der Waals surface area contributed by atoms with Gasteiger partial charge in [-0.2, -0.15) is 0 Å². The molecule has 1 N–H and O–H groups in total. The van der Waals surface area contributed by atoms with Gasteiger partial charge in [0.1, 0.15) is 10.6 Å². The van der Waals surface area contributed by atoms with E-state index >= 15 is 0 Å². The van der Waals surface area contributed by atoms with Gasteiger partial charge in [0.2, 0.25) is 5.88 Å². The number of aliphatic imine (C=N–C) groups is 1. The number of anilines is 1. The lowest BCUT2D eigenvalue weighted by Crippen LogP contribution is -2.28. The summed E-state index contributed by atoms with van der Waals surface area (Å²) in [5.74, 6) is 3.61. The lowest BCUT2D eigenvalue weighted by Gasteiger charge is -2.22. The highest BCUT2D eigenvalue weighted by Gasteiger charge is 2.36. The van der Waals surface area contributed by atoms with E-state index < -0.39 is 26.0 Å². The number of sulfonamides is 1. The molecule has 0 fully saturated rings. The Kier molecular flexibility index (Phi) is 6.21. The molecule has 0 atom stereocenters. The molecule has 4 rings (SSSR count). The number of rotatable bonds is 4. The predicted octanol–water partition coefficient (Wildman–Crippen LogP) is 3.77. The van der Waals surface area contributed by atoms with E-state index in [1.807, 2.05) is 12.1 Å². The summed E-state index contributed by atoms with van der Waals surface area (Å²) in [6.07, 6.45) is 3.50. The van der Waals surface area contributed by atoms with Gasteiger partial charge in [0.15, 0.2) is 16.0 Å². The molecule has 12 heteroatoms. The highest BCUT2D eigenvalue weighted by molar-refractivity contribution is 7.96. The molecule has 0 saturated carbocycles. The number of benzene rings is 1. The molecule has 3 heterocycles. The Morgan fingerprint density at radius 2 is 1.91 bits per heavy atom. The number of para-hydroxylation sites is 2. The molecule has 0 amide bonds. The zero-order chi connectivity index (χ0) is 23.6. The van der Waals surface area contributed by atoms with Crippen LogP contribution >= 0.6 is 23.2 Å². The van der Waals surface area contributed by atoms with E-state index in [4.69, 9.17) is 27.9 Å². The molecule has 0 unspecified atom stereocenters. The third kappa shape index (κ3) is 5.06. The van der Waals surface area contributed by atoms with Crippen LogP contribution in [0.25, 0.3) is 11.0 Å². The number of hydrogen-bond acceptors (Lipinski definition) is 7. The Bertz CT molecular complexity index is 1480. The van der Waals surface area contributed by atoms with Crippen molar-refractivity contribution in [1.82, 2.24) is 15.0 Å². The lowest BCUT2D eigenvalue weighted by atomic mass is 10.2. The highest BCUT2D eigenvalue weighted by atomic mass is 35.5. The normalized spacial score (nSPS) is 15.2. The molecule has 1 aliphatic rings. The fourth-order valence-corrected chi connectivity index (χ4v) is 4.71. The maximum absolute atomic E-state index is 15.0. The molecule has 1 aromatic carbocycles. The smallest absolute Gasteiger partial charge is 0.264 e. The number of halogens is 3. The van der Waals surface area contributed by atoms with Crippen molar-refractivity contribution in [3.63, 3.8) is 0 Å². The largest absolute Gasteiger partial charge is 0.480 e. The fraction of sp³-hybridized carbons (Fsp3) is 0.143. The van der Waals surface area contributed by atoms with Gasteiger partial charge in [0.05, 0.1) is 29.9 Å². The second-order valence-corrected chi connectivity index (χ2v) is 10.00. The summed E-state index contributed by atoms with van der Waals surface area (Å²) in [5.41, 5.74) is 1.57. The van der Waals surface area contributed by atoms with Crippen LogP contribution in [0.5, 0.6) is 0 Å². The molecule has 2 aromatic heterocycles. The minimum atomic E-state index is -4.35. The zero-order valence-electron chi connectivity index (χ0n) is 16.9. The molecular weight excluding hydrogens is 492 g/mol. The Balaban J connectivity index is 1.64. The summed E-state index contributed by atoms with van der Waals surface area (Å²) in [7, 11) is -3.11.